The van der Waals surface area contributed by atoms with E-state index in [0.717, 1.165) is 6.07 Å². The van der Waals surface area contributed by atoms with Crippen LogP contribution in [-0.2, 0) is 9.59 Å². The van der Waals surface area contributed by atoms with Crippen LogP contribution < -0.4 is 5.32 Å². The number of nitrogens with one attached hydrogen (secondary N) is 1. The molecule has 0 radical (unpaired) electrons. The molecule has 0 aromatic heterocycles. The van der Waals surface area contributed by atoms with Crippen molar-refractivity contribution in [2.24, 2.45) is 0 Å². The third kappa shape index (κ3) is 3.55. The van der Waals surface area contributed by atoms with Crippen LogP contribution in [0.1, 0.15) is 24.9 Å². The fourth-order valence-corrected chi connectivity index (χ4v) is 2.58. The molecule has 114 valence electrons. The van der Waals surface area contributed by atoms with E-state index in [1.807, 2.05) is 0 Å². The number of piperazine rings is 1. The van der Waals surface area contributed by atoms with Crippen LogP contribution in [0.2, 0.25) is 0 Å². The van der Waals surface area contributed by atoms with Crippen LogP contribution >= 0.6 is 0 Å². The summed E-state index contributed by atoms with van der Waals surface area (Å²) < 4.78 is 26.6. The first-order valence-electron chi connectivity index (χ1n) is 6.59. The number of aliphatic carboxylic acids is 1. The fourth-order valence-electron chi connectivity index (χ4n) is 2.58. The third-order valence-electron chi connectivity index (χ3n) is 3.60. The summed E-state index contributed by atoms with van der Waals surface area (Å²) in [5.74, 6) is -2.88. The first-order chi connectivity index (χ1) is 9.88. The summed E-state index contributed by atoms with van der Waals surface area (Å²) in [6.07, 6.45) is -0.353. The summed E-state index contributed by atoms with van der Waals surface area (Å²) in [5, 5.41) is 11.5. The van der Waals surface area contributed by atoms with Crippen molar-refractivity contribution in [2.75, 3.05) is 13.1 Å². The first-order valence-corrected chi connectivity index (χ1v) is 6.59. The smallest absolute Gasteiger partial charge is 0.305 e. The van der Waals surface area contributed by atoms with Crippen molar-refractivity contribution in [1.82, 2.24) is 10.2 Å². The summed E-state index contributed by atoms with van der Waals surface area (Å²) in [4.78, 5) is 24.4. The molecule has 0 spiro atoms. The number of hydrogen-bond donors (Lipinski definition) is 2. The van der Waals surface area contributed by atoms with Crippen LogP contribution in [0.25, 0.3) is 0 Å². The Kier molecular flexibility index (Phi) is 4.52. The van der Waals surface area contributed by atoms with Gasteiger partial charge in [-0.1, -0.05) is 0 Å². The number of carboxylic acids is 1. The summed E-state index contributed by atoms with van der Waals surface area (Å²) in [6.45, 7) is 2.49. The minimum absolute atomic E-state index is 0.353. The van der Waals surface area contributed by atoms with Crippen LogP contribution in [0.15, 0.2) is 18.2 Å². The standard InChI is InChI=1S/C14H16F2N2O3/c1-8(9-4-10(15)6-11(16)5-9)18-3-2-17-14(21)12(18)7-13(19)20/h4-6,8,12H,2-3,7H2,1H3,(H,17,21)(H,19,20). The second kappa shape index (κ2) is 6.17. The van der Waals surface area contributed by atoms with E-state index in [1.54, 1.807) is 11.8 Å². The van der Waals surface area contributed by atoms with Crippen LogP contribution in [0.3, 0.4) is 0 Å². The number of carboxylic acid groups (broad SMARTS) is 1. The monoisotopic (exact) mass is 298 g/mol. The third-order valence-corrected chi connectivity index (χ3v) is 3.60. The molecule has 0 saturated carbocycles. The molecule has 2 atom stereocenters. The highest BCUT2D eigenvalue weighted by molar-refractivity contribution is 5.86. The molecule has 5 nitrogen and oxygen atoms in total. The van der Waals surface area contributed by atoms with Crippen molar-refractivity contribution in [3.05, 3.63) is 35.4 Å². The number of carbonyl (C=O) groups is 2. The molecule has 1 heterocycles. The van der Waals surface area contributed by atoms with E-state index < -0.39 is 29.7 Å². The molecule has 1 fully saturated rings. The Morgan fingerprint density at radius 1 is 1.43 bits per heavy atom. The lowest BCUT2D eigenvalue weighted by Crippen LogP contribution is -2.56. The molecule has 2 rings (SSSR count). The molecule has 2 N–H and O–H groups in total. The number of halogens is 2. The Morgan fingerprint density at radius 2 is 2.05 bits per heavy atom. The van der Waals surface area contributed by atoms with Crippen LogP contribution in [0.4, 0.5) is 8.78 Å². The quantitative estimate of drug-likeness (QED) is 0.879. The molecule has 7 heteroatoms. The fraction of sp³-hybridized carbons (Fsp3) is 0.429. The van der Waals surface area contributed by atoms with E-state index in [4.69, 9.17) is 5.11 Å². The van der Waals surface area contributed by atoms with Gasteiger partial charge in [0.25, 0.3) is 0 Å². The Labute approximate surface area is 120 Å². The summed E-state index contributed by atoms with van der Waals surface area (Å²) in [5.41, 5.74) is 0.373. The Balaban J connectivity index is 2.27. The molecule has 1 aliphatic heterocycles. The normalized spacial score (nSPS) is 20.9. The second-order valence-electron chi connectivity index (χ2n) is 5.02. The number of benzene rings is 1. The van der Waals surface area contributed by atoms with Gasteiger partial charge in [-0.3, -0.25) is 14.5 Å². The average Bonchev–Trinajstić information content (AvgIpc) is 2.38. The van der Waals surface area contributed by atoms with Gasteiger partial charge < -0.3 is 10.4 Å². The molecule has 2 unspecified atom stereocenters. The van der Waals surface area contributed by atoms with E-state index >= 15 is 0 Å². The van der Waals surface area contributed by atoms with Gasteiger partial charge in [0.2, 0.25) is 5.91 Å². The van der Waals surface area contributed by atoms with Crippen molar-refractivity contribution in [3.63, 3.8) is 0 Å². The molecule has 0 aliphatic carbocycles. The van der Waals surface area contributed by atoms with E-state index in [-0.39, 0.29) is 12.3 Å². The molecule has 1 amide bonds. The Bertz CT molecular complexity index is 545. The zero-order chi connectivity index (χ0) is 15.6. The van der Waals surface area contributed by atoms with E-state index in [0.29, 0.717) is 18.7 Å². The van der Waals surface area contributed by atoms with Crippen LogP contribution in [0, 0.1) is 11.6 Å². The highest BCUT2D eigenvalue weighted by Gasteiger charge is 2.35. The van der Waals surface area contributed by atoms with E-state index in [9.17, 15) is 18.4 Å². The first kappa shape index (κ1) is 15.4. The van der Waals surface area contributed by atoms with Crippen molar-refractivity contribution in [2.45, 2.75) is 25.4 Å². The number of rotatable bonds is 4. The summed E-state index contributed by atoms with van der Waals surface area (Å²) in [7, 11) is 0. The van der Waals surface area contributed by atoms with Gasteiger partial charge in [0.05, 0.1) is 6.42 Å². The van der Waals surface area contributed by atoms with Crippen LogP contribution in [0.5, 0.6) is 0 Å². The molecule has 0 bridgehead atoms. The van der Waals surface area contributed by atoms with Crippen molar-refractivity contribution >= 4 is 11.9 Å². The molecule has 1 aromatic carbocycles. The predicted molar refractivity (Wildman–Crippen MR) is 70.5 cm³/mol. The van der Waals surface area contributed by atoms with E-state index in [1.165, 1.54) is 12.1 Å². The maximum Gasteiger partial charge on any atom is 0.305 e. The van der Waals surface area contributed by atoms with Gasteiger partial charge in [-0.05, 0) is 24.6 Å². The minimum Gasteiger partial charge on any atom is -0.481 e. The van der Waals surface area contributed by atoms with Gasteiger partial charge in [-0.2, -0.15) is 0 Å². The highest BCUT2D eigenvalue weighted by Crippen LogP contribution is 2.26. The molecule has 21 heavy (non-hydrogen) atoms. The zero-order valence-corrected chi connectivity index (χ0v) is 11.5. The Morgan fingerprint density at radius 3 is 2.62 bits per heavy atom. The average molecular weight is 298 g/mol. The molecular weight excluding hydrogens is 282 g/mol. The predicted octanol–water partition coefficient (Wildman–Crippen LogP) is 1.30. The lowest BCUT2D eigenvalue weighted by Gasteiger charge is -2.38. The molecule has 1 saturated heterocycles. The molecular formula is C14H16F2N2O3. The van der Waals surface area contributed by atoms with Crippen LogP contribution in [-0.4, -0.2) is 41.0 Å². The van der Waals surface area contributed by atoms with Crippen molar-refractivity contribution in [3.8, 4) is 0 Å². The zero-order valence-electron chi connectivity index (χ0n) is 11.5. The van der Waals surface area contributed by atoms with Gasteiger partial charge in [0.15, 0.2) is 0 Å². The number of carbonyl (C=O) groups excluding carboxylic acids is 1. The minimum atomic E-state index is -1.10. The highest BCUT2D eigenvalue weighted by atomic mass is 19.1. The SMILES string of the molecule is CC(c1cc(F)cc(F)c1)N1CCNC(=O)C1CC(=O)O. The van der Waals surface area contributed by atoms with Gasteiger partial charge in [0.1, 0.15) is 17.7 Å². The van der Waals surface area contributed by atoms with Gasteiger partial charge in [-0.15, -0.1) is 0 Å². The maximum absolute atomic E-state index is 13.3. The lowest BCUT2D eigenvalue weighted by atomic mass is 10.0. The lowest BCUT2D eigenvalue weighted by molar-refractivity contribution is -0.143. The molecule has 1 aromatic rings. The largest absolute Gasteiger partial charge is 0.481 e. The van der Waals surface area contributed by atoms with Crippen molar-refractivity contribution < 1.29 is 23.5 Å². The Hall–Kier alpha value is -2.02. The topological polar surface area (TPSA) is 69.6 Å². The number of amides is 1. The summed E-state index contributed by atoms with van der Waals surface area (Å²) >= 11 is 0. The van der Waals surface area contributed by atoms with Gasteiger partial charge in [0, 0.05) is 25.2 Å². The summed E-state index contributed by atoms with van der Waals surface area (Å²) in [6, 6.07) is 1.84. The van der Waals surface area contributed by atoms with Gasteiger partial charge in [-0.25, -0.2) is 8.78 Å². The van der Waals surface area contributed by atoms with E-state index in [2.05, 4.69) is 5.32 Å². The second-order valence-corrected chi connectivity index (χ2v) is 5.02. The maximum atomic E-state index is 13.3. The number of hydrogen-bond acceptors (Lipinski definition) is 3. The molecule has 1 aliphatic rings. The van der Waals surface area contributed by atoms with Gasteiger partial charge >= 0.3 is 5.97 Å². The van der Waals surface area contributed by atoms with Crippen molar-refractivity contribution in [1.29, 1.82) is 0 Å². The number of nitrogens with zero attached hydrogens (tertiary/aromatic N) is 1.